The molecule has 1 aromatic rings. The zero-order valence-electron chi connectivity index (χ0n) is 13.5. The second-order valence-electron chi connectivity index (χ2n) is 6.40. The van der Waals surface area contributed by atoms with Gasteiger partial charge in [0.25, 0.3) is 0 Å². The molecule has 2 heterocycles. The fraction of sp³-hybridized carbons (Fsp3) is 0.667. The zero-order chi connectivity index (χ0) is 16.4. The quantitative estimate of drug-likeness (QED) is 0.842. The average molecular weight is 308 g/mol. The number of nitrogens with one attached hydrogen (secondary N) is 1. The van der Waals surface area contributed by atoms with E-state index in [4.69, 9.17) is 0 Å². The minimum absolute atomic E-state index is 0.0298. The maximum atomic E-state index is 12.3. The Morgan fingerprint density at radius 3 is 2.73 bits per heavy atom. The Labute approximate surface area is 130 Å². The molecular formula is C15H24N4O3. The van der Waals surface area contributed by atoms with E-state index in [1.54, 1.807) is 18.9 Å². The Morgan fingerprint density at radius 1 is 1.50 bits per heavy atom. The van der Waals surface area contributed by atoms with Gasteiger partial charge in [-0.25, -0.2) is 0 Å². The Kier molecular flexibility index (Phi) is 4.73. The van der Waals surface area contributed by atoms with Crippen LogP contribution in [-0.4, -0.2) is 44.7 Å². The van der Waals surface area contributed by atoms with Gasteiger partial charge in [-0.1, -0.05) is 13.8 Å². The van der Waals surface area contributed by atoms with E-state index >= 15 is 0 Å². The molecule has 2 atom stereocenters. The van der Waals surface area contributed by atoms with Crippen molar-refractivity contribution in [1.82, 2.24) is 20.0 Å². The van der Waals surface area contributed by atoms with Crippen molar-refractivity contribution in [3.63, 3.8) is 0 Å². The van der Waals surface area contributed by atoms with Crippen LogP contribution in [0.3, 0.4) is 0 Å². The molecule has 1 fully saturated rings. The Balaban J connectivity index is 1.95. The largest absolute Gasteiger partial charge is 0.504 e. The van der Waals surface area contributed by atoms with Crippen LogP contribution in [0.25, 0.3) is 0 Å². The molecule has 1 saturated heterocycles. The summed E-state index contributed by atoms with van der Waals surface area (Å²) in [5.41, 5.74) is 0.430. The molecule has 2 rings (SSSR count). The number of hydrogen-bond donors (Lipinski definition) is 2. The number of aryl methyl sites for hydroxylation is 1. The predicted octanol–water partition coefficient (Wildman–Crippen LogP) is 0.807. The Bertz CT molecular complexity index is 567. The lowest BCUT2D eigenvalue weighted by atomic mass is 10.1. The molecular weight excluding hydrogens is 284 g/mol. The first-order chi connectivity index (χ1) is 10.3. The van der Waals surface area contributed by atoms with Gasteiger partial charge in [0.2, 0.25) is 11.8 Å². The van der Waals surface area contributed by atoms with E-state index in [0.717, 1.165) is 0 Å². The van der Waals surface area contributed by atoms with E-state index in [1.165, 1.54) is 10.9 Å². The summed E-state index contributed by atoms with van der Waals surface area (Å²) in [6.07, 6.45) is 1.74. The zero-order valence-corrected chi connectivity index (χ0v) is 13.5. The number of amides is 2. The highest BCUT2D eigenvalue weighted by molar-refractivity contribution is 5.89. The maximum Gasteiger partial charge on any atom is 0.225 e. The molecule has 122 valence electrons. The molecule has 7 nitrogen and oxygen atoms in total. The number of likely N-dealkylation sites (tertiary alicyclic amines) is 1. The molecule has 0 radical (unpaired) electrons. The van der Waals surface area contributed by atoms with Gasteiger partial charge in [-0.2, -0.15) is 5.10 Å². The van der Waals surface area contributed by atoms with E-state index in [0.29, 0.717) is 24.7 Å². The summed E-state index contributed by atoms with van der Waals surface area (Å²) in [7, 11) is 1.71. The predicted molar refractivity (Wildman–Crippen MR) is 81.0 cm³/mol. The highest BCUT2D eigenvalue weighted by Crippen LogP contribution is 2.24. The Morgan fingerprint density at radius 2 is 2.18 bits per heavy atom. The number of carbonyl (C=O) groups is 2. The van der Waals surface area contributed by atoms with Crippen molar-refractivity contribution in [3.05, 3.63) is 11.9 Å². The van der Waals surface area contributed by atoms with Crippen LogP contribution >= 0.6 is 0 Å². The number of aromatic nitrogens is 2. The van der Waals surface area contributed by atoms with Crippen LogP contribution < -0.4 is 5.32 Å². The van der Waals surface area contributed by atoms with Gasteiger partial charge in [0.15, 0.2) is 5.75 Å². The van der Waals surface area contributed by atoms with Crippen molar-refractivity contribution in [1.29, 1.82) is 0 Å². The minimum atomic E-state index is -0.400. The number of nitrogens with zero attached hydrogens (tertiary/aromatic N) is 3. The highest BCUT2D eigenvalue weighted by atomic mass is 16.3. The van der Waals surface area contributed by atoms with Crippen molar-refractivity contribution in [2.45, 2.75) is 33.2 Å². The summed E-state index contributed by atoms with van der Waals surface area (Å²) >= 11 is 0. The molecule has 22 heavy (non-hydrogen) atoms. The summed E-state index contributed by atoms with van der Waals surface area (Å²) < 4.78 is 1.50. The maximum absolute atomic E-state index is 12.3. The van der Waals surface area contributed by atoms with Gasteiger partial charge >= 0.3 is 0 Å². The van der Waals surface area contributed by atoms with Gasteiger partial charge in [-0.05, 0) is 12.8 Å². The molecule has 0 aromatic carbocycles. The van der Waals surface area contributed by atoms with Gasteiger partial charge < -0.3 is 15.3 Å². The number of rotatable bonds is 5. The van der Waals surface area contributed by atoms with E-state index in [1.807, 2.05) is 13.8 Å². The fourth-order valence-corrected chi connectivity index (χ4v) is 2.77. The van der Waals surface area contributed by atoms with Crippen molar-refractivity contribution < 1.29 is 14.7 Å². The van der Waals surface area contributed by atoms with E-state index < -0.39 is 6.04 Å². The molecule has 0 spiro atoms. The second-order valence-corrected chi connectivity index (χ2v) is 6.40. The summed E-state index contributed by atoms with van der Waals surface area (Å²) in [5, 5.41) is 16.7. The first-order valence-electron chi connectivity index (χ1n) is 7.58. The van der Waals surface area contributed by atoms with Crippen LogP contribution in [0.5, 0.6) is 5.75 Å². The minimum Gasteiger partial charge on any atom is -0.504 e. The van der Waals surface area contributed by atoms with Crippen LogP contribution in [0.1, 0.15) is 38.9 Å². The summed E-state index contributed by atoms with van der Waals surface area (Å²) in [6, 6.07) is -0.400. The monoisotopic (exact) mass is 308 g/mol. The standard InChI is InChI=1S/C15H24N4O3/c1-9(2)6-19-7-11(5-13(19)21)15(22)16-10(3)14-12(20)8-18(4)17-14/h8-11,20H,5-7H2,1-4H3,(H,16,22). The van der Waals surface area contributed by atoms with Gasteiger partial charge in [0.1, 0.15) is 5.69 Å². The molecule has 2 N–H and O–H groups in total. The first kappa shape index (κ1) is 16.3. The van der Waals surface area contributed by atoms with Crippen LogP contribution in [0.2, 0.25) is 0 Å². The summed E-state index contributed by atoms with van der Waals surface area (Å²) in [6.45, 7) is 7.00. The summed E-state index contributed by atoms with van der Waals surface area (Å²) in [5.74, 6) is -0.0340. The first-order valence-corrected chi connectivity index (χ1v) is 7.58. The van der Waals surface area contributed by atoms with Crippen LogP contribution in [0.4, 0.5) is 0 Å². The SMILES string of the molecule is CC(C)CN1CC(C(=O)NC(C)c2nn(C)cc2O)CC1=O. The van der Waals surface area contributed by atoms with Crippen LogP contribution in [0.15, 0.2) is 6.20 Å². The molecule has 1 aromatic heterocycles. The average Bonchev–Trinajstić information content (AvgIpc) is 2.92. The molecule has 0 bridgehead atoms. The smallest absolute Gasteiger partial charge is 0.225 e. The molecule has 7 heteroatoms. The third-order valence-corrected chi connectivity index (χ3v) is 3.78. The Hall–Kier alpha value is -2.05. The van der Waals surface area contributed by atoms with Gasteiger partial charge in [0, 0.05) is 26.6 Å². The topological polar surface area (TPSA) is 87.5 Å². The third-order valence-electron chi connectivity index (χ3n) is 3.78. The molecule has 1 aliphatic rings. The van der Waals surface area contributed by atoms with Crippen molar-refractivity contribution in [2.75, 3.05) is 13.1 Å². The summed E-state index contributed by atoms with van der Waals surface area (Å²) in [4.78, 5) is 26.0. The normalized spacial score (nSPS) is 19.8. The van der Waals surface area contributed by atoms with E-state index in [2.05, 4.69) is 10.4 Å². The molecule has 0 aliphatic carbocycles. The van der Waals surface area contributed by atoms with Crippen molar-refractivity contribution in [2.24, 2.45) is 18.9 Å². The molecule has 2 amide bonds. The second kappa shape index (κ2) is 6.37. The van der Waals surface area contributed by atoms with Crippen LogP contribution in [0, 0.1) is 11.8 Å². The number of aromatic hydroxyl groups is 1. The number of carbonyl (C=O) groups excluding carboxylic acids is 2. The molecule has 1 aliphatic heterocycles. The number of hydrogen-bond acceptors (Lipinski definition) is 4. The lowest BCUT2D eigenvalue weighted by Crippen LogP contribution is -2.35. The molecule has 2 unspecified atom stereocenters. The van der Waals surface area contributed by atoms with E-state index in [9.17, 15) is 14.7 Å². The lowest BCUT2D eigenvalue weighted by Gasteiger charge is -2.19. The van der Waals surface area contributed by atoms with Crippen molar-refractivity contribution in [3.8, 4) is 5.75 Å². The lowest BCUT2D eigenvalue weighted by molar-refractivity contribution is -0.129. The van der Waals surface area contributed by atoms with Crippen molar-refractivity contribution >= 4 is 11.8 Å². The van der Waals surface area contributed by atoms with Gasteiger partial charge in [-0.3, -0.25) is 14.3 Å². The third kappa shape index (κ3) is 3.58. The van der Waals surface area contributed by atoms with E-state index in [-0.39, 0.29) is 29.9 Å². The van der Waals surface area contributed by atoms with Crippen LogP contribution in [-0.2, 0) is 16.6 Å². The molecule has 0 saturated carbocycles. The highest BCUT2D eigenvalue weighted by Gasteiger charge is 2.35. The van der Waals surface area contributed by atoms with Gasteiger partial charge in [-0.15, -0.1) is 0 Å². The van der Waals surface area contributed by atoms with Gasteiger partial charge in [0.05, 0.1) is 18.2 Å². The fourth-order valence-electron chi connectivity index (χ4n) is 2.77.